The Labute approximate surface area is 119 Å². The second-order valence-corrected chi connectivity index (χ2v) is 5.23. The van der Waals surface area contributed by atoms with Crippen LogP contribution in [-0.4, -0.2) is 18.8 Å². The second-order valence-electron chi connectivity index (χ2n) is 4.39. The third kappa shape index (κ3) is 4.77. The van der Waals surface area contributed by atoms with Gasteiger partial charge in [-0.2, -0.15) is 0 Å². The minimum absolute atomic E-state index is 0.0548. The third-order valence-corrected chi connectivity index (χ3v) is 3.50. The van der Waals surface area contributed by atoms with Crippen LogP contribution >= 0.6 is 23.2 Å². The number of nitrogens with two attached hydrogens (primary N) is 1. The van der Waals surface area contributed by atoms with Gasteiger partial charge in [0.2, 0.25) is 0 Å². The zero-order valence-electron chi connectivity index (χ0n) is 11.0. The lowest BCUT2D eigenvalue weighted by atomic mass is 9.99. The van der Waals surface area contributed by atoms with Crippen molar-refractivity contribution in [3.8, 4) is 0 Å². The summed E-state index contributed by atoms with van der Waals surface area (Å²) in [6.07, 6.45) is 2.79. The summed E-state index contributed by atoms with van der Waals surface area (Å²) in [5.41, 5.74) is 7.20. The van der Waals surface area contributed by atoms with E-state index in [4.69, 9.17) is 33.7 Å². The molecule has 0 saturated heterocycles. The van der Waals surface area contributed by atoms with E-state index in [1.165, 1.54) is 0 Å². The number of hydrogen-bond acceptors (Lipinski definition) is 2. The highest BCUT2D eigenvalue weighted by Crippen LogP contribution is 2.23. The molecule has 2 atom stereocenters. The molecule has 4 heteroatoms. The van der Waals surface area contributed by atoms with Crippen LogP contribution in [-0.2, 0) is 11.2 Å². The Bertz CT molecular complexity index is 365. The highest BCUT2D eigenvalue weighted by molar-refractivity contribution is 6.33. The number of benzene rings is 1. The Morgan fingerprint density at radius 3 is 2.61 bits per heavy atom. The molecule has 0 bridgehead atoms. The van der Waals surface area contributed by atoms with Crippen LogP contribution < -0.4 is 5.73 Å². The molecule has 0 aromatic heterocycles. The molecule has 0 heterocycles. The van der Waals surface area contributed by atoms with Gasteiger partial charge in [-0.3, -0.25) is 0 Å². The van der Waals surface area contributed by atoms with E-state index < -0.39 is 0 Å². The smallest absolute Gasteiger partial charge is 0.0728 e. The molecule has 1 aromatic carbocycles. The van der Waals surface area contributed by atoms with Gasteiger partial charge in [-0.15, -0.1) is 0 Å². The molecule has 0 aliphatic rings. The first-order valence-electron chi connectivity index (χ1n) is 6.39. The van der Waals surface area contributed by atoms with Crippen molar-refractivity contribution in [2.75, 3.05) is 6.61 Å². The summed E-state index contributed by atoms with van der Waals surface area (Å²) in [6.45, 7) is 4.80. The summed E-state index contributed by atoms with van der Waals surface area (Å²) >= 11 is 12.1. The van der Waals surface area contributed by atoms with E-state index in [0.717, 1.165) is 18.4 Å². The molecule has 0 spiro atoms. The molecule has 0 saturated carbocycles. The number of halogens is 2. The molecule has 2 nitrogen and oxygen atoms in total. The van der Waals surface area contributed by atoms with Crippen molar-refractivity contribution >= 4 is 23.2 Å². The van der Waals surface area contributed by atoms with E-state index in [2.05, 4.69) is 6.92 Å². The SMILES string of the molecule is CCCC(OCC)C(N)Cc1cc(Cl)ccc1Cl. The maximum atomic E-state index is 6.21. The van der Waals surface area contributed by atoms with E-state index >= 15 is 0 Å². The molecule has 102 valence electrons. The normalized spacial score (nSPS) is 14.5. The van der Waals surface area contributed by atoms with Crippen LogP contribution in [0.3, 0.4) is 0 Å². The molecule has 0 aliphatic heterocycles. The number of ether oxygens (including phenoxy) is 1. The summed E-state index contributed by atoms with van der Waals surface area (Å²) in [6, 6.07) is 5.41. The lowest BCUT2D eigenvalue weighted by molar-refractivity contribution is 0.0378. The van der Waals surface area contributed by atoms with Crippen LogP contribution in [0.15, 0.2) is 18.2 Å². The van der Waals surface area contributed by atoms with Gasteiger partial charge in [-0.1, -0.05) is 36.5 Å². The maximum absolute atomic E-state index is 6.21. The number of hydrogen-bond donors (Lipinski definition) is 1. The number of rotatable bonds is 7. The van der Waals surface area contributed by atoms with E-state index in [1.807, 2.05) is 13.0 Å². The van der Waals surface area contributed by atoms with Crippen LogP contribution in [0.2, 0.25) is 10.0 Å². The lowest BCUT2D eigenvalue weighted by Gasteiger charge is -2.24. The lowest BCUT2D eigenvalue weighted by Crippen LogP contribution is -2.38. The van der Waals surface area contributed by atoms with Crippen molar-refractivity contribution in [2.24, 2.45) is 5.73 Å². The van der Waals surface area contributed by atoms with Crippen molar-refractivity contribution in [1.29, 1.82) is 0 Å². The molecular weight excluding hydrogens is 269 g/mol. The van der Waals surface area contributed by atoms with Gasteiger partial charge in [-0.25, -0.2) is 0 Å². The van der Waals surface area contributed by atoms with Gasteiger partial charge in [-0.05, 0) is 43.5 Å². The van der Waals surface area contributed by atoms with E-state index in [1.54, 1.807) is 12.1 Å². The molecule has 0 radical (unpaired) electrons. The molecule has 18 heavy (non-hydrogen) atoms. The molecule has 2 N–H and O–H groups in total. The first kappa shape index (κ1) is 15.8. The fourth-order valence-electron chi connectivity index (χ4n) is 2.00. The average Bonchev–Trinajstić information content (AvgIpc) is 2.33. The molecule has 1 rings (SSSR count). The molecule has 1 aromatic rings. The summed E-state index contributed by atoms with van der Waals surface area (Å²) in [4.78, 5) is 0. The van der Waals surface area contributed by atoms with Gasteiger partial charge >= 0.3 is 0 Å². The summed E-state index contributed by atoms with van der Waals surface area (Å²) in [7, 11) is 0. The Morgan fingerprint density at radius 1 is 1.28 bits per heavy atom. The van der Waals surface area contributed by atoms with Gasteiger partial charge in [0.05, 0.1) is 6.10 Å². The Morgan fingerprint density at radius 2 is 2.00 bits per heavy atom. The first-order valence-corrected chi connectivity index (χ1v) is 7.15. The van der Waals surface area contributed by atoms with Crippen LogP contribution in [0.25, 0.3) is 0 Å². The van der Waals surface area contributed by atoms with Gasteiger partial charge in [0, 0.05) is 22.7 Å². The van der Waals surface area contributed by atoms with Crippen molar-refractivity contribution in [3.63, 3.8) is 0 Å². The summed E-state index contributed by atoms with van der Waals surface area (Å²) in [5, 5.41) is 1.40. The van der Waals surface area contributed by atoms with Gasteiger partial charge in [0.25, 0.3) is 0 Å². The minimum atomic E-state index is -0.0548. The highest BCUT2D eigenvalue weighted by Gasteiger charge is 2.18. The van der Waals surface area contributed by atoms with E-state index in [-0.39, 0.29) is 12.1 Å². The largest absolute Gasteiger partial charge is 0.377 e. The van der Waals surface area contributed by atoms with Crippen molar-refractivity contribution < 1.29 is 4.74 Å². The van der Waals surface area contributed by atoms with Crippen LogP contribution in [0.5, 0.6) is 0 Å². The van der Waals surface area contributed by atoms with Gasteiger partial charge in [0.1, 0.15) is 0 Å². The average molecular weight is 290 g/mol. The predicted octanol–water partition coefficient (Wildman–Crippen LogP) is 4.07. The minimum Gasteiger partial charge on any atom is -0.377 e. The topological polar surface area (TPSA) is 35.2 Å². The Kier molecular flexibility index (Phi) is 7.02. The molecular formula is C14H21Cl2NO. The molecule has 2 unspecified atom stereocenters. The van der Waals surface area contributed by atoms with Gasteiger partial charge < -0.3 is 10.5 Å². The quantitative estimate of drug-likeness (QED) is 0.821. The van der Waals surface area contributed by atoms with Crippen molar-refractivity contribution in [3.05, 3.63) is 33.8 Å². The Hall–Kier alpha value is -0.280. The highest BCUT2D eigenvalue weighted by atomic mass is 35.5. The van der Waals surface area contributed by atoms with Crippen LogP contribution in [0.4, 0.5) is 0 Å². The van der Waals surface area contributed by atoms with E-state index in [0.29, 0.717) is 23.1 Å². The van der Waals surface area contributed by atoms with Crippen molar-refractivity contribution in [1.82, 2.24) is 0 Å². The fraction of sp³-hybridized carbons (Fsp3) is 0.571. The van der Waals surface area contributed by atoms with Crippen molar-refractivity contribution in [2.45, 2.75) is 45.3 Å². The maximum Gasteiger partial charge on any atom is 0.0728 e. The molecule has 0 aliphatic carbocycles. The summed E-state index contributed by atoms with van der Waals surface area (Å²) in [5.74, 6) is 0. The van der Waals surface area contributed by atoms with E-state index in [9.17, 15) is 0 Å². The van der Waals surface area contributed by atoms with Gasteiger partial charge in [0.15, 0.2) is 0 Å². The molecule has 0 amide bonds. The third-order valence-electron chi connectivity index (χ3n) is 2.89. The van der Waals surface area contributed by atoms with Crippen LogP contribution in [0, 0.1) is 0 Å². The Balaban J connectivity index is 2.71. The monoisotopic (exact) mass is 289 g/mol. The zero-order valence-corrected chi connectivity index (χ0v) is 12.5. The zero-order chi connectivity index (χ0) is 13.5. The standard InChI is InChI=1S/C14H21Cl2NO/c1-3-5-14(18-4-2)13(17)9-10-8-11(15)6-7-12(10)16/h6-8,13-14H,3-5,9,17H2,1-2H3. The first-order chi connectivity index (χ1) is 8.58. The predicted molar refractivity (Wildman–Crippen MR) is 78.5 cm³/mol. The summed E-state index contributed by atoms with van der Waals surface area (Å²) < 4.78 is 5.69. The second kappa shape index (κ2) is 8.00. The molecule has 0 fully saturated rings. The fourth-order valence-corrected chi connectivity index (χ4v) is 2.39. The van der Waals surface area contributed by atoms with Crippen LogP contribution in [0.1, 0.15) is 32.3 Å².